The lowest BCUT2D eigenvalue weighted by atomic mass is 10.1. The topological polar surface area (TPSA) is 67.2 Å². The van der Waals surface area contributed by atoms with Crippen molar-refractivity contribution in [2.75, 3.05) is 19.6 Å². The van der Waals surface area contributed by atoms with Crippen LogP contribution in [0.2, 0.25) is 0 Å². The molecule has 0 spiro atoms. The van der Waals surface area contributed by atoms with Gasteiger partial charge in [0.15, 0.2) is 0 Å². The van der Waals surface area contributed by atoms with E-state index < -0.39 is 10.0 Å². The molecule has 7 heteroatoms. The first-order valence-electron chi connectivity index (χ1n) is 8.10. The highest BCUT2D eigenvalue weighted by molar-refractivity contribution is 7.89. The maximum Gasteiger partial charge on any atom is 0.244 e. The van der Waals surface area contributed by atoms with E-state index in [4.69, 9.17) is 0 Å². The fourth-order valence-corrected chi connectivity index (χ4v) is 5.58. The Hall–Kier alpha value is -1.70. The summed E-state index contributed by atoms with van der Waals surface area (Å²) in [5.74, 6) is 0.758. The normalized spacial score (nSPS) is 19.6. The van der Waals surface area contributed by atoms with Gasteiger partial charge in [0.05, 0.1) is 10.9 Å². The van der Waals surface area contributed by atoms with Crippen LogP contribution >= 0.6 is 0 Å². The van der Waals surface area contributed by atoms with Gasteiger partial charge in [-0.15, -0.1) is 0 Å². The van der Waals surface area contributed by atoms with Crippen molar-refractivity contribution in [1.82, 2.24) is 19.2 Å². The summed E-state index contributed by atoms with van der Waals surface area (Å²) in [5, 5.41) is 3.28. The van der Waals surface area contributed by atoms with Crippen molar-refractivity contribution < 1.29 is 8.42 Å². The van der Waals surface area contributed by atoms with Gasteiger partial charge in [0.1, 0.15) is 5.82 Å². The number of rotatable bonds is 3. The number of piperazine rings is 1. The molecule has 130 valence electrons. The molecular formula is C17H24N4O2S. The standard InChI is InChI=1S/C17H24N4O2S/c1-12-9-13(2)16(14(3)10-12)24(22,23)21-8-5-18-11-15(21)17-19-6-7-20(17)4/h6-7,9-10,15,18H,5,8,11H2,1-4H3. The van der Waals surface area contributed by atoms with E-state index in [1.54, 1.807) is 10.5 Å². The number of imidazole rings is 1. The second-order valence-electron chi connectivity index (χ2n) is 6.46. The summed E-state index contributed by atoms with van der Waals surface area (Å²) >= 11 is 0. The van der Waals surface area contributed by atoms with Crippen molar-refractivity contribution in [2.45, 2.75) is 31.7 Å². The van der Waals surface area contributed by atoms with E-state index in [2.05, 4.69) is 10.3 Å². The highest BCUT2D eigenvalue weighted by atomic mass is 32.2. The molecule has 1 aliphatic heterocycles. The first-order chi connectivity index (χ1) is 11.3. The number of nitrogens with one attached hydrogen (secondary N) is 1. The second-order valence-corrected chi connectivity index (χ2v) is 8.29. The molecule has 1 unspecified atom stereocenters. The van der Waals surface area contributed by atoms with Crippen molar-refractivity contribution in [3.63, 3.8) is 0 Å². The summed E-state index contributed by atoms with van der Waals surface area (Å²) in [5.41, 5.74) is 2.67. The molecule has 1 aromatic carbocycles. The van der Waals surface area contributed by atoms with Crippen LogP contribution in [0.25, 0.3) is 0 Å². The zero-order chi connectivity index (χ0) is 17.5. The Bertz CT molecular complexity index is 834. The van der Waals surface area contributed by atoms with E-state index in [1.165, 1.54) is 0 Å². The van der Waals surface area contributed by atoms with Crippen LogP contribution < -0.4 is 5.32 Å². The number of aromatic nitrogens is 2. The largest absolute Gasteiger partial charge is 0.337 e. The van der Waals surface area contributed by atoms with Gasteiger partial charge in [0, 0.05) is 39.1 Å². The molecular weight excluding hydrogens is 324 g/mol. The molecule has 2 heterocycles. The summed E-state index contributed by atoms with van der Waals surface area (Å²) in [6, 6.07) is 3.55. The van der Waals surface area contributed by atoms with Crippen molar-refractivity contribution in [3.05, 3.63) is 47.0 Å². The lowest BCUT2D eigenvalue weighted by Gasteiger charge is -2.35. The molecule has 0 bridgehead atoms. The summed E-state index contributed by atoms with van der Waals surface area (Å²) < 4.78 is 30.3. The highest BCUT2D eigenvalue weighted by Crippen LogP contribution is 2.31. The van der Waals surface area contributed by atoms with Gasteiger partial charge in [-0.3, -0.25) is 0 Å². The molecule has 1 fully saturated rings. The van der Waals surface area contributed by atoms with Gasteiger partial charge in [-0.2, -0.15) is 4.31 Å². The Labute approximate surface area is 143 Å². The van der Waals surface area contributed by atoms with Crippen LogP contribution in [-0.2, 0) is 17.1 Å². The molecule has 1 saturated heterocycles. The minimum Gasteiger partial charge on any atom is -0.337 e. The average molecular weight is 348 g/mol. The number of hydrogen-bond donors (Lipinski definition) is 1. The molecule has 2 aromatic rings. The van der Waals surface area contributed by atoms with Gasteiger partial charge in [-0.05, 0) is 31.9 Å². The summed E-state index contributed by atoms with van der Waals surface area (Å²) in [6.45, 7) is 7.36. The Balaban J connectivity index is 2.09. The smallest absolute Gasteiger partial charge is 0.244 e. The predicted octanol–water partition coefficient (Wildman–Crippen LogP) is 1.68. The number of benzene rings is 1. The van der Waals surface area contributed by atoms with E-state index >= 15 is 0 Å². The molecule has 1 N–H and O–H groups in total. The zero-order valence-corrected chi connectivity index (χ0v) is 15.4. The molecule has 6 nitrogen and oxygen atoms in total. The molecule has 0 amide bonds. The maximum atomic E-state index is 13.4. The third-order valence-corrected chi connectivity index (χ3v) is 6.74. The molecule has 1 atom stereocenters. The first kappa shape index (κ1) is 17.1. The monoisotopic (exact) mass is 348 g/mol. The van der Waals surface area contributed by atoms with Crippen LogP contribution in [0, 0.1) is 20.8 Å². The molecule has 0 saturated carbocycles. The van der Waals surface area contributed by atoms with Crippen molar-refractivity contribution in [1.29, 1.82) is 0 Å². The Morgan fingerprint density at radius 1 is 1.21 bits per heavy atom. The van der Waals surface area contributed by atoms with Crippen LogP contribution in [0.3, 0.4) is 0 Å². The molecule has 0 aliphatic carbocycles. The Morgan fingerprint density at radius 3 is 2.46 bits per heavy atom. The quantitative estimate of drug-likeness (QED) is 0.916. The SMILES string of the molecule is Cc1cc(C)c(S(=O)(=O)N2CCNCC2c2nccn2C)c(C)c1. The minimum atomic E-state index is -3.59. The predicted molar refractivity (Wildman–Crippen MR) is 93.4 cm³/mol. The fourth-order valence-electron chi connectivity index (χ4n) is 3.58. The summed E-state index contributed by atoms with van der Waals surface area (Å²) in [6.07, 6.45) is 3.55. The van der Waals surface area contributed by atoms with Crippen LogP contribution in [0.15, 0.2) is 29.4 Å². The van der Waals surface area contributed by atoms with Gasteiger partial charge in [0.25, 0.3) is 0 Å². The third kappa shape index (κ3) is 2.87. The van der Waals surface area contributed by atoms with E-state index in [1.807, 2.05) is 50.7 Å². The Morgan fingerprint density at radius 2 is 1.88 bits per heavy atom. The van der Waals surface area contributed by atoms with Crippen molar-refractivity contribution in [2.24, 2.45) is 7.05 Å². The maximum absolute atomic E-state index is 13.4. The average Bonchev–Trinajstić information content (AvgIpc) is 2.92. The molecule has 3 rings (SSSR count). The van der Waals surface area contributed by atoms with Gasteiger partial charge >= 0.3 is 0 Å². The van der Waals surface area contributed by atoms with E-state index in [-0.39, 0.29) is 6.04 Å². The highest BCUT2D eigenvalue weighted by Gasteiger charge is 2.37. The number of nitrogens with zero attached hydrogens (tertiary/aromatic N) is 3. The Kier molecular flexibility index (Phi) is 4.50. The van der Waals surface area contributed by atoms with Gasteiger partial charge < -0.3 is 9.88 Å². The van der Waals surface area contributed by atoms with Crippen LogP contribution in [0.1, 0.15) is 28.6 Å². The summed E-state index contributed by atoms with van der Waals surface area (Å²) in [4.78, 5) is 4.80. The number of sulfonamides is 1. The minimum absolute atomic E-state index is 0.302. The van der Waals surface area contributed by atoms with E-state index in [0.717, 1.165) is 22.5 Å². The van der Waals surface area contributed by atoms with Crippen molar-refractivity contribution >= 4 is 10.0 Å². The first-order valence-corrected chi connectivity index (χ1v) is 9.54. The summed E-state index contributed by atoms with van der Waals surface area (Å²) in [7, 11) is -1.70. The third-order valence-electron chi connectivity index (χ3n) is 4.52. The van der Waals surface area contributed by atoms with Crippen LogP contribution in [0.5, 0.6) is 0 Å². The zero-order valence-electron chi connectivity index (χ0n) is 14.6. The lowest BCUT2D eigenvalue weighted by molar-refractivity contribution is 0.258. The van der Waals surface area contributed by atoms with Crippen LogP contribution in [-0.4, -0.2) is 41.9 Å². The number of aryl methyl sites for hydroxylation is 4. The fraction of sp³-hybridized carbons (Fsp3) is 0.471. The van der Waals surface area contributed by atoms with Gasteiger partial charge in [0.2, 0.25) is 10.0 Å². The van der Waals surface area contributed by atoms with Gasteiger partial charge in [-0.1, -0.05) is 17.7 Å². The second kappa shape index (κ2) is 6.31. The lowest BCUT2D eigenvalue weighted by Crippen LogP contribution is -2.49. The molecule has 1 aliphatic rings. The molecule has 1 aromatic heterocycles. The van der Waals surface area contributed by atoms with Crippen molar-refractivity contribution in [3.8, 4) is 0 Å². The van der Waals surface area contributed by atoms with Crippen LogP contribution in [0.4, 0.5) is 0 Å². The molecule has 0 radical (unpaired) electrons. The molecule has 24 heavy (non-hydrogen) atoms. The number of hydrogen-bond acceptors (Lipinski definition) is 4. The van der Waals surface area contributed by atoms with E-state index in [0.29, 0.717) is 24.5 Å². The van der Waals surface area contributed by atoms with Gasteiger partial charge in [-0.25, -0.2) is 13.4 Å². The van der Waals surface area contributed by atoms with E-state index in [9.17, 15) is 8.42 Å².